The lowest BCUT2D eigenvalue weighted by Gasteiger charge is -2.09. The quantitative estimate of drug-likeness (QED) is 0.500. The minimum absolute atomic E-state index is 0.169. The van der Waals surface area contributed by atoms with Crippen LogP contribution in [0.1, 0.15) is 0 Å². The molecule has 2 rings (SSSR count). The maximum Gasteiger partial charge on any atom is 0.297 e. The zero-order valence-corrected chi connectivity index (χ0v) is 10.7. The van der Waals surface area contributed by atoms with Gasteiger partial charge in [-0.2, -0.15) is 0 Å². The second-order valence-corrected chi connectivity index (χ2v) is 5.41. The Bertz CT molecular complexity index is 746. The Morgan fingerprint density at radius 3 is 2.60 bits per heavy atom. The summed E-state index contributed by atoms with van der Waals surface area (Å²) in [5.74, 6) is -0.535. The Labute approximate surface area is 113 Å². The highest BCUT2D eigenvalue weighted by Gasteiger charge is 2.23. The molecule has 0 saturated carbocycles. The average Bonchev–Trinajstić information content (AvgIpc) is 2.41. The third-order valence-corrected chi connectivity index (χ3v) is 3.73. The van der Waals surface area contributed by atoms with Gasteiger partial charge in [-0.05, 0) is 18.2 Å². The minimum atomic E-state index is -4.07. The Kier molecular flexibility index (Phi) is 3.53. The molecule has 2 aromatic rings. The van der Waals surface area contributed by atoms with E-state index < -0.39 is 32.1 Å². The molecule has 0 saturated heterocycles. The molecule has 0 atom stereocenters. The van der Waals surface area contributed by atoms with Gasteiger partial charge in [0.15, 0.2) is 5.69 Å². The molecule has 0 spiro atoms. The van der Waals surface area contributed by atoms with Crippen molar-refractivity contribution in [2.24, 2.45) is 0 Å². The van der Waals surface area contributed by atoms with Gasteiger partial charge in [-0.3, -0.25) is 19.8 Å². The van der Waals surface area contributed by atoms with Crippen LogP contribution in [0.4, 0.5) is 11.4 Å². The van der Waals surface area contributed by atoms with Crippen molar-refractivity contribution in [1.29, 1.82) is 0 Å². The van der Waals surface area contributed by atoms with Gasteiger partial charge in [0.05, 0.1) is 4.92 Å². The fourth-order valence-electron chi connectivity index (χ4n) is 1.48. The molecule has 0 aliphatic rings. The van der Waals surface area contributed by atoms with Crippen molar-refractivity contribution in [2.75, 3.05) is 4.72 Å². The number of hydrogen-bond acceptors (Lipinski definition) is 6. The standard InChI is InChI=1S/C11H9N3O5S/c15-10-5-1-4-9(14(16)17)11(10)13-20(18,19)8-3-2-6-12-7-8/h1-7,13,15H. The van der Waals surface area contributed by atoms with E-state index in [9.17, 15) is 23.6 Å². The van der Waals surface area contributed by atoms with E-state index >= 15 is 0 Å². The van der Waals surface area contributed by atoms with Crippen LogP contribution in [0, 0.1) is 10.1 Å². The van der Waals surface area contributed by atoms with Crippen LogP contribution >= 0.6 is 0 Å². The molecule has 104 valence electrons. The highest BCUT2D eigenvalue weighted by atomic mass is 32.2. The summed E-state index contributed by atoms with van der Waals surface area (Å²) in [6.45, 7) is 0. The lowest BCUT2D eigenvalue weighted by Crippen LogP contribution is -2.14. The number of nitrogens with zero attached hydrogens (tertiary/aromatic N) is 2. The Hall–Kier alpha value is -2.68. The number of nitro groups is 1. The van der Waals surface area contributed by atoms with E-state index in [1.165, 1.54) is 24.4 Å². The predicted octanol–water partition coefficient (Wildman–Crippen LogP) is 1.50. The van der Waals surface area contributed by atoms with Crippen LogP contribution in [-0.4, -0.2) is 23.4 Å². The summed E-state index contributed by atoms with van der Waals surface area (Å²) in [4.78, 5) is 13.5. The van der Waals surface area contributed by atoms with Crippen LogP contribution in [0.5, 0.6) is 5.75 Å². The summed E-state index contributed by atoms with van der Waals surface area (Å²) >= 11 is 0. The number of sulfonamides is 1. The van der Waals surface area contributed by atoms with Crippen molar-refractivity contribution >= 4 is 21.4 Å². The van der Waals surface area contributed by atoms with Gasteiger partial charge >= 0.3 is 0 Å². The van der Waals surface area contributed by atoms with Crippen molar-refractivity contribution < 1.29 is 18.4 Å². The van der Waals surface area contributed by atoms with Crippen molar-refractivity contribution in [3.05, 3.63) is 52.8 Å². The van der Waals surface area contributed by atoms with Gasteiger partial charge in [0, 0.05) is 18.5 Å². The molecule has 2 N–H and O–H groups in total. The van der Waals surface area contributed by atoms with E-state index in [0.717, 1.165) is 18.3 Å². The molecule has 8 nitrogen and oxygen atoms in total. The molecule has 0 aliphatic carbocycles. The molecule has 9 heteroatoms. The molecule has 1 aromatic heterocycles. The van der Waals surface area contributed by atoms with Crippen molar-refractivity contribution in [2.45, 2.75) is 4.90 Å². The number of anilines is 1. The van der Waals surface area contributed by atoms with Crippen LogP contribution in [0.2, 0.25) is 0 Å². The second-order valence-electron chi connectivity index (χ2n) is 3.72. The fourth-order valence-corrected chi connectivity index (χ4v) is 2.54. The van der Waals surface area contributed by atoms with Gasteiger partial charge in [-0.25, -0.2) is 8.42 Å². The Balaban J connectivity index is 2.48. The molecule has 20 heavy (non-hydrogen) atoms. The monoisotopic (exact) mass is 295 g/mol. The summed E-state index contributed by atoms with van der Waals surface area (Å²) in [6, 6.07) is 6.17. The van der Waals surface area contributed by atoms with E-state index in [-0.39, 0.29) is 4.90 Å². The molecule has 0 aliphatic heterocycles. The topological polar surface area (TPSA) is 122 Å². The number of phenols is 1. The van der Waals surface area contributed by atoms with Gasteiger partial charge in [0.1, 0.15) is 10.6 Å². The van der Waals surface area contributed by atoms with Gasteiger partial charge < -0.3 is 5.11 Å². The molecule has 0 unspecified atom stereocenters. The number of nitrogens with one attached hydrogen (secondary N) is 1. The Morgan fingerprint density at radius 2 is 2.00 bits per heavy atom. The maximum absolute atomic E-state index is 12.0. The molecule has 0 radical (unpaired) electrons. The predicted molar refractivity (Wildman–Crippen MR) is 69.8 cm³/mol. The van der Waals surface area contributed by atoms with Crippen LogP contribution in [0.25, 0.3) is 0 Å². The third-order valence-electron chi connectivity index (χ3n) is 2.40. The zero-order chi connectivity index (χ0) is 14.8. The zero-order valence-electron chi connectivity index (χ0n) is 9.92. The second kappa shape index (κ2) is 5.13. The third kappa shape index (κ3) is 2.67. The Morgan fingerprint density at radius 1 is 1.25 bits per heavy atom. The van der Waals surface area contributed by atoms with Crippen LogP contribution in [0.15, 0.2) is 47.6 Å². The molecule has 0 bridgehead atoms. The van der Waals surface area contributed by atoms with Crippen LogP contribution in [0.3, 0.4) is 0 Å². The van der Waals surface area contributed by atoms with Gasteiger partial charge in [-0.1, -0.05) is 6.07 Å². The number of benzene rings is 1. The average molecular weight is 295 g/mol. The van der Waals surface area contributed by atoms with Gasteiger partial charge in [0.25, 0.3) is 15.7 Å². The molecular formula is C11H9N3O5S. The lowest BCUT2D eigenvalue weighted by atomic mass is 10.2. The first kappa shape index (κ1) is 13.7. The first-order valence-electron chi connectivity index (χ1n) is 5.31. The summed E-state index contributed by atoms with van der Waals surface area (Å²) in [7, 11) is -4.07. The first-order chi connectivity index (χ1) is 9.42. The fraction of sp³-hybridized carbons (Fsp3) is 0. The van der Waals surface area contributed by atoms with E-state index in [4.69, 9.17) is 0 Å². The van der Waals surface area contributed by atoms with Gasteiger partial charge in [0.2, 0.25) is 0 Å². The molecular weight excluding hydrogens is 286 g/mol. The van der Waals surface area contributed by atoms with Crippen molar-refractivity contribution in [3.8, 4) is 5.75 Å². The lowest BCUT2D eigenvalue weighted by molar-refractivity contribution is -0.383. The van der Waals surface area contributed by atoms with E-state index in [0.29, 0.717) is 0 Å². The number of nitro benzene ring substituents is 1. The summed E-state index contributed by atoms with van der Waals surface area (Å²) in [5.41, 5.74) is -1.03. The maximum atomic E-state index is 12.0. The number of aromatic nitrogens is 1. The van der Waals surface area contributed by atoms with Crippen LogP contribution < -0.4 is 4.72 Å². The van der Waals surface area contributed by atoms with Gasteiger partial charge in [-0.15, -0.1) is 0 Å². The summed E-state index contributed by atoms with van der Waals surface area (Å²) in [5, 5.41) is 20.4. The molecule has 1 heterocycles. The number of aromatic hydroxyl groups is 1. The highest BCUT2D eigenvalue weighted by Crippen LogP contribution is 2.34. The van der Waals surface area contributed by atoms with Crippen molar-refractivity contribution in [3.63, 3.8) is 0 Å². The normalized spacial score (nSPS) is 11.0. The molecule has 0 fully saturated rings. The number of rotatable bonds is 4. The smallest absolute Gasteiger partial charge is 0.297 e. The van der Waals surface area contributed by atoms with Crippen LogP contribution in [-0.2, 0) is 10.0 Å². The van der Waals surface area contributed by atoms with E-state index in [1.807, 2.05) is 4.72 Å². The number of hydrogen-bond donors (Lipinski definition) is 2. The minimum Gasteiger partial charge on any atom is -0.505 e. The number of phenolic OH excluding ortho intramolecular Hbond substituents is 1. The SMILES string of the molecule is O=[N+]([O-])c1cccc(O)c1NS(=O)(=O)c1cccnc1. The highest BCUT2D eigenvalue weighted by molar-refractivity contribution is 7.92. The number of para-hydroxylation sites is 1. The first-order valence-corrected chi connectivity index (χ1v) is 6.79. The summed E-state index contributed by atoms with van der Waals surface area (Å²) < 4.78 is 26.1. The molecule has 0 amide bonds. The molecule has 1 aromatic carbocycles. The summed E-state index contributed by atoms with van der Waals surface area (Å²) in [6.07, 6.45) is 2.48. The van der Waals surface area contributed by atoms with E-state index in [2.05, 4.69) is 4.98 Å². The van der Waals surface area contributed by atoms with Crippen molar-refractivity contribution in [1.82, 2.24) is 4.98 Å². The number of pyridine rings is 1. The largest absolute Gasteiger partial charge is 0.505 e. The van der Waals surface area contributed by atoms with E-state index in [1.54, 1.807) is 0 Å².